The molecule has 166 valence electrons. The maximum Gasteiger partial charge on any atom is 0.300 e. The van der Waals surface area contributed by atoms with Gasteiger partial charge in [-0.25, -0.2) is 0 Å². The van der Waals surface area contributed by atoms with Crippen LogP contribution in [0.3, 0.4) is 0 Å². The van der Waals surface area contributed by atoms with Gasteiger partial charge in [-0.3, -0.25) is 19.5 Å². The predicted octanol–water partition coefficient (Wildman–Crippen LogP) is 4.65. The molecule has 1 saturated heterocycles. The van der Waals surface area contributed by atoms with E-state index in [9.17, 15) is 14.7 Å². The van der Waals surface area contributed by atoms with Crippen LogP contribution in [0, 0.1) is 13.8 Å². The minimum atomic E-state index is -0.788. The summed E-state index contributed by atoms with van der Waals surface area (Å²) in [7, 11) is 0. The largest absolute Gasteiger partial charge is 0.507 e. The molecular formula is C27H24N2O4. The second-order valence-corrected chi connectivity index (χ2v) is 8.68. The number of rotatable bonds is 3. The number of aryl methyl sites for hydroxylation is 2. The van der Waals surface area contributed by atoms with Crippen LogP contribution in [-0.2, 0) is 16.0 Å². The lowest BCUT2D eigenvalue weighted by molar-refractivity contribution is -0.132. The van der Waals surface area contributed by atoms with Crippen LogP contribution < -0.4 is 9.64 Å². The Morgan fingerprint density at radius 3 is 2.64 bits per heavy atom. The number of Topliss-reactive ketones (excluding diaryl/α,β-unsaturated/α-hetero) is 1. The summed E-state index contributed by atoms with van der Waals surface area (Å²) in [4.78, 5) is 32.2. The number of aliphatic hydroxyl groups is 1. The fourth-order valence-electron chi connectivity index (χ4n) is 4.55. The number of aromatic nitrogens is 1. The number of carbonyl (C=O) groups is 2. The van der Waals surface area contributed by atoms with Gasteiger partial charge in [-0.05, 0) is 79.4 Å². The Hall–Kier alpha value is -3.93. The molecule has 0 radical (unpaired) electrons. The molecule has 3 aromatic rings. The molecule has 6 nitrogen and oxygen atoms in total. The van der Waals surface area contributed by atoms with E-state index < -0.39 is 17.7 Å². The van der Waals surface area contributed by atoms with Gasteiger partial charge in [0.15, 0.2) is 0 Å². The molecule has 0 bridgehead atoms. The number of pyridine rings is 1. The highest BCUT2D eigenvalue weighted by molar-refractivity contribution is 6.51. The van der Waals surface area contributed by atoms with E-state index in [1.54, 1.807) is 30.6 Å². The second-order valence-electron chi connectivity index (χ2n) is 8.68. The molecule has 1 amide bonds. The van der Waals surface area contributed by atoms with Crippen molar-refractivity contribution in [2.75, 3.05) is 4.90 Å². The van der Waals surface area contributed by atoms with E-state index in [4.69, 9.17) is 4.74 Å². The summed E-state index contributed by atoms with van der Waals surface area (Å²) in [5, 5.41) is 11.3. The Balaban J connectivity index is 1.69. The molecule has 1 aromatic heterocycles. The van der Waals surface area contributed by atoms with Gasteiger partial charge in [-0.2, -0.15) is 0 Å². The average Bonchev–Trinajstić information content (AvgIpc) is 3.31. The third kappa shape index (κ3) is 3.48. The number of benzene rings is 2. The van der Waals surface area contributed by atoms with Gasteiger partial charge in [0.2, 0.25) is 0 Å². The monoisotopic (exact) mass is 440 g/mol. The van der Waals surface area contributed by atoms with Crippen LogP contribution in [0.5, 0.6) is 5.75 Å². The maximum atomic E-state index is 13.3. The molecule has 5 rings (SSSR count). The summed E-state index contributed by atoms with van der Waals surface area (Å²) in [6.45, 7) is 5.93. The predicted molar refractivity (Wildman–Crippen MR) is 125 cm³/mol. The van der Waals surface area contributed by atoms with Crippen LogP contribution in [0.25, 0.3) is 5.76 Å². The maximum absolute atomic E-state index is 13.3. The third-order valence-corrected chi connectivity index (χ3v) is 6.38. The Bertz CT molecular complexity index is 1310. The molecule has 3 heterocycles. The summed E-state index contributed by atoms with van der Waals surface area (Å²) in [5.41, 5.74) is 4.85. The van der Waals surface area contributed by atoms with Crippen molar-refractivity contribution in [2.45, 2.75) is 39.3 Å². The molecule has 2 unspecified atom stereocenters. The third-order valence-electron chi connectivity index (χ3n) is 6.38. The lowest BCUT2D eigenvalue weighted by atomic mass is 9.95. The second kappa shape index (κ2) is 7.89. The Morgan fingerprint density at radius 2 is 1.91 bits per heavy atom. The van der Waals surface area contributed by atoms with Crippen molar-refractivity contribution in [2.24, 2.45) is 0 Å². The van der Waals surface area contributed by atoms with Crippen LogP contribution >= 0.6 is 0 Å². The van der Waals surface area contributed by atoms with E-state index in [-0.39, 0.29) is 17.4 Å². The SMILES string of the molecule is Cc1ccc(N2C(=O)C(=O)/C(=C(\O)c3ccc4c(c3)CC(C)O4)C2c2cccnc2)cc1C. The van der Waals surface area contributed by atoms with E-state index in [1.807, 2.05) is 51.1 Å². The summed E-state index contributed by atoms with van der Waals surface area (Å²) < 4.78 is 5.76. The lowest BCUT2D eigenvalue weighted by Crippen LogP contribution is -2.29. The number of ketones is 1. The molecule has 2 aliphatic heterocycles. The molecule has 2 aromatic carbocycles. The summed E-state index contributed by atoms with van der Waals surface area (Å²) in [6.07, 6.45) is 4.03. The molecule has 1 N–H and O–H groups in total. The number of fused-ring (bicyclic) bond motifs is 1. The molecule has 6 heteroatoms. The van der Waals surface area contributed by atoms with Crippen molar-refractivity contribution in [3.05, 3.63) is 94.3 Å². The van der Waals surface area contributed by atoms with E-state index in [0.717, 1.165) is 28.9 Å². The standard InChI is InChI=1S/C27H24N2O4/c1-15-6-8-21(11-16(15)2)29-24(19-5-4-10-28-14-19)23(26(31)27(29)32)25(30)18-7-9-22-20(13-18)12-17(3)33-22/h4-11,13-14,17,24,30H,12H2,1-3H3/b25-23-. The van der Waals surface area contributed by atoms with Gasteiger partial charge in [0.1, 0.15) is 17.6 Å². The number of aliphatic hydroxyl groups excluding tert-OH is 1. The zero-order valence-electron chi connectivity index (χ0n) is 18.7. The first-order chi connectivity index (χ1) is 15.8. The van der Waals surface area contributed by atoms with Gasteiger partial charge in [-0.1, -0.05) is 12.1 Å². The van der Waals surface area contributed by atoms with Gasteiger partial charge in [-0.15, -0.1) is 0 Å². The Kier molecular flexibility index (Phi) is 5.01. The van der Waals surface area contributed by atoms with Crippen molar-refractivity contribution in [3.63, 3.8) is 0 Å². The molecule has 0 spiro atoms. The zero-order chi connectivity index (χ0) is 23.3. The molecule has 2 aliphatic rings. The topological polar surface area (TPSA) is 79.7 Å². The number of hydrogen-bond donors (Lipinski definition) is 1. The van der Waals surface area contributed by atoms with Gasteiger partial charge < -0.3 is 9.84 Å². The van der Waals surface area contributed by atoms with Crippen molar-refractivity contribution in [1.29, 1.82) is 0 Å². The van der Waals surface area contributed by atoms with E-state index >= 15 is 0 Å². The number of amides is 1. The number of anilines is 1. The lowest BCUT2D eigenvalue weighted by Gasteiger charge is -2.25. The fraction of sp³-hybridized carbons (Fsp3) is 0.222. The van der Waals surface area contributed by atoms with E-state index in [1.165, 1.54) is 4.90 Å². The molecule has 0 saturated carbocycles. The molecule has 1 fully saturated rings. The number of nitrogens with zero attached hydrogens (tertiary/aromatic N) is 2. The van der Waals surface area contributed by atoms with Gasteiger partial charge in [0.25, 0.3) is 11.7 Å². The number of carbonyl (C=O) groups excluding carboxylic acids is 2. The summed E-state index contributed by atoms with van der Waals surface area (Å²) >= 11 is 0. The van der Waals surface area contributed by atoms with Gasteiger partial charge >= 0.3 is 0 Å². The average molecular weight is 440 g/mol. The summed E-state index contributed by atoms with van der Waals surface area (Å²) in [5.74, 6) is -0.814. The van der Waals surface area contributed by atoms with Gasteiger partial charge in [0, 0.05) is 30.1 Å². The molecule has 33 heavy (non-hydrogen) atoms. The number of hydrogen-bond acceptors (Lipinski definition) is 5. The highest BCUT2D eigenvalue weighted by Gasteiger charge is 2.47. The Labute approximate surface area is 192 Å². The van der Waals surface area contributed by atoms with E-state index in [2.05, 4.69) is 4.98 Å². The highest BCUT2D eigenvalue weighted by atomic mass is 16.5. The first-order valence-corrected chi connectivity index (χ1v) is 10.9. The zero-order valence-corrected chi connectivity index (χ0v) is 18.7. The van der Waals surface area contributed by atoms with Crippen LogP contribution in [-0.4, -0.2) is 27.9 Å². The number of ether oxygens (including phenoxy) is 1. The molecule has 0 aliphatic carbocycles. The van der Waals surface area contributed by atoms with Crippen molar-refractivity contribution in [1.82, 2.24) is 4.98 Å². The fourth-order valence-corrected chi connectivity index (χ4v) is 4.55. The normalized spacial score (nSPS) is 21.2. The van der Waals surface area contributed by atoms with Crippen LogP contribution in [0.1, 0.15) is 40.8 Å². The quantitative estimate of drug-likeness (QED) is 0.364. The van der Waals surface area contributed by atoms with Crippen LogP contribution in [0.15, 0.2) is 66.5 Å². The van der Waals surface area contributed by atoms with Crippen LogP contribution in [0.4, 0.5) is 5.69 Å². The van der Waals surface area contributed by atoms with Gasteiger partial charge in [0.05, 0.1) is 11.6 Å². The van der Waals surface area contributed by atoms with Crippen molar-refractivity contribution >= 4 is 23.1 Å². The van der Waals surface area contributed by atoms with Crippen molar-refractivity contribution in [3.8, 4) is 5.75 Å². The summed E-state index contributed by atoms with van der Waals surface area (Å²) in [6, 6.07) is 13.8. The first kappa shape index (κ1) is 20.9. The molecular weight excluding hydrogens is 416 g/mol. The smallest absolute Gasteiger partial charge is 0.300 e. The van der Waals surface area contributed by atoms with Crippen molar-refractivity contribution < 1.29 is 19.4 Å². The Morgan fingerprint density at radius 1 is 1.09 bits per heavy atom. The molecule has 2 atom stereocenters. The minimum Gasteiger partial charge on any atom is -0.507 e. The van der Waals surface area contributed by atoms with E-state index in [0.29, 0.717) is 16.8 Å². The first-order valence-electron chi connectivity index (χ1n) is 10.9. The minimum absolute atomic E-state index is 0.0538. The highest BCUT2D eigenvalue weighted by Crippen LogP contribution is 2.43. The van der Waals surface area contributed by atoms with Crippen LogP contribution in [0.2, 0.25) is 0 Å².